The van der Waals surface area contributed by atoms with Crippen molar-refractivity contribution in [3.05, 3.63) is 29.8 Å². The van der Waals surface area contributed by atoms with Gasteiger partial charge in [0, 0.05) is 12.1 Å². The molecule has 2 aromatic rings. The third-order valence-corrected chi connectivity index (χ3v) is 2.98. The SMILES string of the molecule is CN(C)CCOc1cccc(-c2nc(N)nc(N)c2C#N)c1. The fourth-order valence-corrected chi connectivity index (χ4v) is 1.89. The van der Waals surface area contributed by atoms with E-state index in [0.29, 0.717) is 23.6 Å². The second-order valence-electron chi connectivity index (χ2n) is 4.98. The van der Waals surface area contributed by atoms with Gasteiger partial charge in [-0.3, -0.25) is 0 Å². The highest BCUT2D eigenvalue weighted by Crippen LogP contribution is 2.27. The number of rotatable bonds is 5. The van der Waals surface area contributed by atoms with Crippen molar-refractivity contribution < 1.29 is 4.74 Å². The van der Waals surface area contributed by atoms with Crippen LogP contribution in [0, 0.1) is 11.3 Å². The van der Waals surface area contributed by atoms with Crippen molar-refractivity contribution in [2.24, 2.45) is 0 Å². The smallest absolute Gasteiger partial charge is 0.222 e. The average molecular weight is 298 g/mol. The number of nitrogens with two attached hydrogens (primary N) is 2. The van der Waals surface area contributed by atoms with Crippen LogP contribution in [0.1, 0.15) is 5.56 Å². The number of aromatic nitrogens is 2. The molecule has 1 heterocycles. The van der Waals surface area contributed by atoms with Gasteiger partial charge < -0.3 is 21.1 Å². The Hall–Kier alpha value is -2.85. The number of anilines is 2. The quantitative estimate of drug-likeness (QED) is 0.850. The number of nitrogens with zero attached hydrogens (tertiary/aromatic N) is 4. The highest BCUT2D eigenvalue weighted by Gasteiger charge is 2.13. The second-order valence-corrected chi connectivity index (χ2v) is 4.98. The molecule has 0 fully saturated rings. The van der Waals surface area contributed by atoms with Crippen LogP contribution in [-0.2, 0) is 0 Å². The lowest BCUT2D eigenvalue weighted by molar-refractivity contribution is 0.261. The van der Waals surface area contributed by atoms with Crippen LogP contribution in [0.2, 0.25) is 0 Å². The maximum absolute atomic E-state index is 9.24. The number of nitrogen functional groups attached to an aromatic ring is 2. The highest BCUT2D eigenvalue weighted by molar-refractivity contribution is 5.73. The summed E-state index contributed by atoms with van der Waals surface area (Å²) in [7, 11) is 3.96. The molecule has 0 radical (unpaired) electrons. The number of nitriles is 1. The zero-order valence-electron chi connectivity index (χ0n) is 12.6. The molecule has 1 aromatic carbocycles. The molecule has 22 heavy (non-hydrogen) atoms. The minimum Gasteiger partial charge on any atom is -0.492 e. The molecule has 2 rings (SSSR count). The summed E-state index contributed by atoms with van der Waals surface area (Å²) >= 11 is 0. The Balaban J connectivity index is 2.32. The van der Waals surface area contributed by atoms with Gasteiger partial charge in [0.05, 0.1) is 5.69 Å². The molecule has 0 aliphatic carbocycles. The van der Waals surface area contributed by atoms with E-state index >= 15 is 0 Å². The molecule has 0 atom stereocenters. The maximum Gasteiger partial charge on any atom is 0.222 e. The Labute approximate surface area is 129 Å². The maximum atomic E-state index is 9.24. The number of ether oxygens (including phenoxy) is 1. The summed E-state index contributed by atoms with van der Waals surface area (Å²) in [6, 6.07) is 9.31. The number of benzene rings is 1. The first-order valence-corrected chi connectivity index (χ1v) is 6.72. The van der Waals surface area contributed by atoms with Gasteiger partial charge in [0.1, 0.15) is 29.8 Å². The molecule has 0 aliphatic rings. The summed E-state index contributed by atoms with van der Waals surface area (Å²) in [6.07, 6.45) is 0. The summed E-state index contributed by atoms with van der Waals surface area (Å²) in [5, 5.41) is 9.24. The van der Waals surface area contributed by atoms with Crippen molar-refractivity contribution in [2.75, 3.05) is 38.7 Å². The Morgan fingerprint density at radius 3 is 2.73 bits per heavy atom. The van der Waals surface area contributed by atoms with Gasteiger partial charge >= 0.3 is 0 Å². The first kappa shape index (κ1) is 15.5. The number of likely N-dealkylation sites (N-methyl/N-ethyl adjacent to an activating group) is 1. The average Bonchev–Trinajstić information content (AvgIpc) is 2.46. The van der Waals surface area contributed by atoms with Crippen molar-refractivity contribution in [3.63, 3.8) is 0 Å². The van der Waals surface area contributed by atoms with E-state index in [1.807, 2.05) is 43.3 Å². The predicted octanol–water partition coefficient (Wildman–Crippen LogP) is 1.12. The minimum absolute atomic E-state index is 0.0328. The topological polar surface area (TPSA) is 114 Å². The summed E-state index contributed by atoms with van der Waals surface area (Å²) in [5.41, 5.74) is 12.7. The molecule has 0 unspecified atom stereocenters. The van der Waals surface area contributed by atoms with Crippen molar-refractivity contribution >= 4 is 11.8 Å². The van der Waals surface area contributed by atoms with Crippen molar-refractivity contribution in [3.8, 4) is 23.1 Å². The van der Waals surface area contributed by atoms with E-state index in [4.69, 9.17) is 16.2 Å². The first-order valence-electron chi connectivity index (χ1n) is 6.72. The highest BCUT2D eigenvalue weighted by atomic mass is 16.5. The second kappa shape index (κ2) is 6.74. The van der Waals surface area contributed by atoms with Crippen LogP contribution in [0.5, 0.6) is 5.75 Å². The summed E-state index contributed by atoms with van der Waals surface area (Å²) in [6.45, 7) is 1.37. The summed E-state index contributed by atoms with van der Waals surface area (Å²) < 4.78 is 5.68. The van der Waals surface area contributed by atoms with Crippen LogP contribution < -0.4 is 16.2 Å². The molecule has 0 spiro atoms. The van der Waals surface area contributed by atoms with Crippen LogP contribution in [-0.4, -0.2) is 42.1 Å². The number of hydrogen-bond acceptors (Lipinski definition) is 7. The molecule has 0 saturated heterocycles. The van der Waals surface area contributed by atoms with Crippen molar-refractivity contribution in [1.29, 1.82) is 5.26 Å². The van der Waals surface area contributed by atoms with E-state index in [2.05, 4.69) is 9.97 Å². The first-order chi connectivity index (χ1) is 10.5. The van der Waals surface area contributed by atoms with Gasteiger partial charge in [0.25, 0.3) is 0 Å². The van der Waals surface area contributed by atoms with Crippen molar-refractivity contribution in [1.82, 2.24) is 14.9 Å². The van der Waals surface area contributed by atoms with Gasteiger partial charge in [-0.1, -0.05) is 12.1 Å². The summed E-state index contributed by atoms with van der Waals surface area (Å²) in [5.74, 6) is 0.799. The molecule has 7 heteroatoms. The standard InChI is InChI=1S/C15H18N6O/c1-21(2)6-7-22-11-5-3-4-10(8-11)13-12(9-16)14(17)20-15(18)19-13/h3-5,8H,6-7H2,1-2H3,(H4,17,18,19,20). The van der Waals surface area contributed by atoms with E-state index in [1.54, 1.807) is 6.07 Å². The van der Waals surface area contributed by atoms with Gasteiger partial charge in [-0.05, 0) is 26.2 Å². The van der Waals surface area contributed by atoms with E-state index < -0.39 is 0 Å². The van der Waals surface area contributed by atoms with Gasteiger partial charge in [0.2, 0.25) is 5.95 Å². The molecule has 7 nitrogen and oxygen atoms in total. The van der Waals surface area contributed by atoms with E-state index in [0.717, 1.165) is 6.54 Å². The van der Waals surface area contributed by atoms with Crippen LogP contribution >= 0.6 is 0 Å². The molecule has 4 N–H and O–H groups in total. The van der Waals surface area contributed by atoms with E-state index in [-0.39, 0.29) is 17.3 Å². The minimum atomic E-state index is 0.0328. The van der Waals surface area contributed by atoms with Gasteiger partial charge in [-0.15, -0.1) is 0 Å². The normalized spacial score (nSPS) is 10.5. The molecule has 1 aromatic heterocycles. The fourth-order valence-electron chi connectivity index (χ4n) is 1.89. The molecule has 114 valence electrons. The van der Waals surface area contributed by atoms with Crippen LogP contribution in [0.3, 0.4) is 0 Å². The monoisotopic (exact) mass is 298 g/mol. The third kappa shape index (κ3) is 3.62. The Kier molecular flexibility index (Phi) is 4.76. The van der Waals surface area contributed by atoms with Gasteiger partial charge in [-0.25, -0.2) is 4.98 Å². The molecule has 0 amide bonds. The summed E-state index contributed by atoms with van der Waals surface area (Å²) in [4.78, 5) is 9.96. The largest absolute Gasteiger partial charge is 0.492 e. The predicted molar refractivity (Wildman–Crippen MR) is 85.1 cm³/mol. The van der Waals surface area contributed by atoms with Crippen LogP contribution in [0.25, 0.3) is 11.3 Å². The van der Waals surface area contributed by atoms with E-state index in [9.17, 15) is 5.26 Å². The third-order valence-electron chi connectivity index (χ3n) is 2.98. The number of hydrogen-bond donors (Lipinski definition) is 2. The zero-order valence-corrected chi connectivity index (χ0v) is 12.6. The van der Waals surface area contributed by atoms with Gasteiger partial charge in [-0.2, -0.15) is 10.2 Å². The van der Waals surface area contributed by atoms with Gasteiger partial charge in [0.15, 0.2) is 0 Å². The zero-order chi connectivity index (χ0) is 16.1. The fraction of sp³-hybridized carbons (Fsp3) is 0.267. The van der Waals surface area contributed by atoms with Crippen molar-refractivity contribution in [2.45, 2.75) is 0 Å². The molecular formula is C15H18N6O. The molecule has 0 bridgehead atoms. The lowest BCUT2D eigenvalue weighted by Crippen LogP contribution is -2.19. The molecule has 0 saturated carbocycles. The van der Waals surface area contributed by atoms with Crippen LogP contribution in [0.15, 0.2) is 24.3 Å². The Bertz CT molecular complexity index is 708. The van der Waals surface area contributed by atoms with E-state index in [1.165, 1.54) is 0 Å². The lowest BCUT2D eigenvalue weighted by Gasteiger charge is -2.12. The molecular weight excluding hydrogens is 280 g/mol. The van der Waals surface area contributed by atoms with Crippen LogP contribution in [0.4, 0.5) is 11.8 Å². The molecule has 0 aliphatic heterocycles. The Morgan fingerprint density at radius 1 is 1.27 bits per heavy atom. The lowest BCUT2D eigenvalue weighted by atomic mass is 10.1. The Morgan fingerprint density at radius 2 is 2.05 bits per heavy atom.